The third kappa shape index (κ3) is 9.35. The number of fused-ring (bicyclic) bond motifs is 5. The molecule has 4 N–H and O–H groups in total. The molecule has 4 amide bonds. The first kappa shape index (κ1) is 42.0. The Bertz CT molecular complexity index is 2530. The van der Waals surface area contributed by atoms with Gasteiger partial charge in [0.2, 0.25) is 11.8 Å². The summed E-state index contributed by atoms with van der Waals surface area (Å²) in [7, 11) is 2.53. The van der Waals surface area contributed by atoms with E-state index < -0.39 is 24.3 Å². The number of nitrogens with one attached hydrogen (secondary N) is 4. The number of aromatic nitrogens is 4. The number of methoxy groups -OCH3 is 2. The zero-order valence-corrected chi connectivity index (χ0v) is 34.9. The quantitative estimate of drug-likeness (QED) is 0.0815. The fourth-order valence-electron chi connectivity index (χ4n) is 7.61. The van der Waals surface area contributed by atoms with Gasteiger partial charge in [-0.05, 0) is 65.6 Å². The Kier molecular flexibility index (Phi) is 13.0. The summed E-state index contributed by atoms with van der Waals surface area (Å²) in [5.41, 5.74) is 7.29. The number of carbonyl (C=O) groups excluding carboxylic acids is 4. The molecule has 0 saturated carbocycles. The van der Waals surface area contributed by atoms with Gasteiger partial charge < -0.3 is 44.6 Å². The fraction of sp³-hybridized carbons (Fsp3) is 0.304. The number of benzene rings is 4. The standard InChI is InChI=1S/C46H50N8O7/c1-6-19-53(43(55)28(3)49-45(57)59-4)25-39-47-24-38(51-39)32-14-16-34-33(22-32)27-61-42-35-17-15-31(21-30(35)13-18-36(34)42)37-23-48-40(50-37)26-54(20-7-2)44(56)41(52-46(58)60-5)29-11-9-8-10-12-29/h8-18,21-24,28,41H,6-7,19-20,25-27H2,1-5H3,(H,47,51)(H,48,50)(H,49,57)(H,52,58)/t28-,41+/m0/s1. The second kappa shape index (κ2) is 18.8. The molecule has 6 aromatic rings. The molecule has 0 radical (unpaired) electrons. The van der Waals surface area contributed by atoms with Gasteiger partial charge in [0.1, 0.15) is 36.1 Å². The summed E-state index contributed by atoms with van der Waals surface area (Å²) in [4.78, 5) is 70.3. The van der Waals surface area contributed by atoms with Gasteiger partial charge in [0.15, 0.2) is 0 Å². The summed E-state index contributed by atoms with van der Waals surface area (Å²) >= 11 is 0. The maximum atomic E-state index is 13.9. The summed E-state index contributed by atoms with van der Waals surface area (Å²) in [6, 6.07) is 24.1. The van der Waals surface area contributed by atoms with Crippen LogP contribution >= 0.6 is 0 Å². The fourth-order valence-corrected chi connectivity index (χ4v) is 7.61. The molecule has 7 rings (SSSR count). The van der Waals surface area contributed by atoms with Crippen molar-refractivity contribution in [2.75, 3.05) is 27.3 Å². The summed E-state index contributed by atoms with van der Waals surface area (Å²) in [5.74, 6) is 1.58. The Morgan fingerprint density at radius 2 is 1.33 bits per heavy atom. The molecule has 0 saturated heterocycles. The van der Waals surface area contributed by atoms with Gasteiger partial charge in [-0.3, -0.25) is 9.59 Å². The molecule has 4 aromatic carbocycles. The molecular weight excluding hydrogens is 777 g/mol. The maximum absolute atomic E-state index is 13.9. The zero-order valence-electron chi connectivity index (χ0n) is 34.9. The van der Waals surface area contributed by atoms with Crippen LogP contribution in [0.15, 0.2) is 91.3 Å². The first-order valence-corrected chi connectivity index (χ1v) is 20.3. The van der Waals surface area contributed by atoms with Crippen molar-refractivity contribution >= 4 is 34.8 Å². The van der Waals surface area contributed by atoms with E-state index in [0.717, 1.165) is 68.6 Å². The van der Waals surface area contributed by atoms with Gasteiger partial charge in [0.25, 0.3) is 0 Å². The summed E-state index contributed by atoms with van der Waals surface area (Å²) in [6.07, 6.45) is 3.65. The number of rotatable bonds is 15. The highest BCUT2D eigenvalue weighted by atomic mass is 16.5. The number of hydrogen-bond acceptors (Lipinski definition) is 9. The third-order valence-electron chi connectivity index (χ3n) is 10.6. The van der Waals surface area contributed by atoms with Crippen LogP contribution in [-0.2, 0) is 38.8 Å². The van der Waals surface area contributed by atoms with Crippen LogP contribution in [0.5, 0.6) is 5.75 Å². The van der Waals surface area contributed by atoms with Crippen molar-refractivity contribution in [1.82, 2.24) is 40.4 Å². The molecule has 0 aliphatic carbocycles. The lowest BCUT2D eigenvalue weighted by atomic mass is 9.92. The summed E-state index contributed by atoms with van der Waals surface area (Å²) < 4.78 is 15.9. The molecule has 0 spiro atoms. The normalized spacial score (nSPS) is 12.6. The van der Waals surface area contributed by atoms with E-state index in [0.29, 0.717) is 36.9 Å². The Morgan fingerprint density at radius 1 is 0.738 bits per heavy atom. The molecule has 61 heavy (non-hydrogen) atoms. The van der Waals surface area contributed by atoms with E-state index in [4.69, 9.17) is 9.47 Å². The molecular formula is C46H50N8O7. The average Bonchev–Trinajstić information content (AvgIpc) is 3.97. The second-order valence-corrected chi connectivity index (χ2v) is 14.9. The van der Waals surface area contributed by atoms with E-state index in [2.05, 4.69) is 77.8 Å². The summed E-state index contributed by atoms with van der Waals surface area (Å²) in [6.45, 7) is 7.48. The van der Waals surface area contributed by atoms with Gasteiger partial charge in [-0.2, -0.15) is 0 Å². The molecule has 15 nitrogen and oxygen atoms in total. The minimum atomic E-state index is -0.914. The number of H-pyrrole nitrogens is 2. The minimum absolute atomic E-state index is 0.223. The number of aromatic amines is 2. The average molecular weight is 827 g/mol. The number of hydrogen-bond donors (Lipinski definition) is 4. The third-order valence-corrected chi connectivity index (χ3v) is 10.6. The molecule has 3 heterocycles. The largest absolute Gasteiger partial charge is 0.488 e. The van der Waals surface area contributed by atoms with Crippen LogP contribution in [0.3, 0.4) is 0 Å². The van der Waals surface area contributed by atoms with Crippen molar-refractivity contribution < 1.29 is 33.4 Å². The topological polar surface area (TPSA) is 184 Å². The van der Waals surface area contributed by atoms with Crippen molar-refractivity contribution in [2.45, 2.75) is 65.4 Å². The van der Waals surface area contributed by atoms with E-state index >= 15 is 0 Å². The lowest BCUT2D eigenvalue weighted by molar-refractivity contribution is -0.134. The first-order chi connectivity index (χ1) is 29.6. The highest BCUT2D eigenvalue weighted by molar-refractivity contribution is 5.98. The second-order valence-electron chi connectivity index (χ2n) is 14.9. The molecule has 0 bridgehead atoms. The van der Waals surface area contributed by atoms with E-state index in [1.165, 1.54) is 14.2 Å². The maximum Gasteiger partial charge on any atom is 0.407 e. The van der Waals surface area contributed by atoms with E-state index in [1.54, 1.807) is 41.2 Å². The van der Waals surface area contributed by atoms with Crippen LogP contribution in [0.2, 0.25) is 0 Å². The Hall–Kier alpha value is -7.16. The van der Waals surface area contributed by atoms with Crippen LogP contribution in [0.1, 0.15) is 62.4 Å². The molecule has 1 aliphatic rings. The lowest BCUT2D eigenvalue weighted by Gasteiger charge is -2.27. The van der Waals surface area contributed by atoms with E-state index in [1.807, 2.05) is 38.1 Å². The molecule has 2 aromatic heterocycles. The molecule has 316 valence electrons. The highest BCUT2D eigenvalue weighted by Crippen LogP contribution is 2.44. The minimum Gasteiger partial charge on any atom is -0.488 e. The Labute approximate surface area is 353 Å². The smallest absolute Gasteiger partial charge is 0.407 e. The van der Waals surface area contributed by atoms with Crippen molar-refractivity contribution in [1.29, 1.82) is 0 Å². The first-order valence-electron chi connectivity index (χ1n) is 20.3. The van der Waals surface area contributed by atoms with Crippen LogP contribution in [0.25, 0.3) is 44.4 Å². The SMILES string of the molecule is CCCN(Cc1ncc(-c2ccc3c(c2)COc2c-3ccc3cc(-c4cnc(CN(CCC)C(=O)[C@H](NC(=O)OC)c5ccccc5)[nH]4)ccc23)[nH]1)C(=O)[C@H](C)NC(=O)OC. The number of carbonyl (C=O) groups is 4. The van der Waals surface area contributed by atoms with Crippen LogP contribution in [-0.4, -0.2) is 87.1 Å². The Morgan fingerprint density at radius 3 is 1.97 bits per heavy atom. The monoisotopic (exact) mass is 826 g/mol. The number of ether oxygens (including phenoxy) is 3. The predicted octanol–water partition coefficient (Wildman–Crippen LogP) is 7.50. The molecule has 1 aliphatic heterocycles. The lowest BCUT2D eigenvalue weighted by Crippen LogP contribution is -2.47. The Balaban J connectivity index is 1.06. The number of nitrogens with zero attached hydrogens (tertiary/aromatic N) is 4. The molecule has 2 atom stereocenters. The molecule has 0 fully saturated rings. The summed E-state index contributed by atoms with van der Waals surface area (Å²) in [5, 5.41) is 7.23. The molecule has 0 unspecified atom stereocenters. The van der Waals surface area contributed by atoms with Gasteiger partial charge in [0, 0.05) is 29.6 Å². The van der Waals surface area contributed by atoms with Gasteiger partial charge in [-0.15, -0.1) is 0 Å². The number of amides is 4. The van der Waals surface area contributed by atoms with Crippen molar-refractivity contribution in [3.8, 4) is 39.4 Å². The highest BCUT2D eigenvalue weighted by Gasteiger charge is 2.29. The van der Waals surface area contributed by atoms with Gasteiger partial charge in [-0.25, -0.2) is 19.6 Å². The van der Waals surface area contributed by atoms with Crippen LogP contribution in [0, 0.1) is 0 Å². The van der Waals surface area contributed by atoms with E-state index in [9.17, 15) is 19.2 Å². The van der Waals surface area contributed by atoms with Crippen molar-refractivity contribution in [3.63, 3.8) is 0 Å². The van der Waals surface area contributed by atoms with Crippen molar-refractivity contribution in [2.24, 2.45) is 0 Å². The van der Waals surface area contributed by atoms with Crippen molar-refractivity contribution in [3.05, 3.63) is 114 Å². The van der Waals surface area contributed by atoms with E-state index in [-0.39, 0.29) is 24.9 Å². The zero-order chi connectivity index (χ0) is 43.0. The van der Waals surface area contributed by atoms with Crippen LogP contribution < -0.4 is 15.4 Å². The van der Waals surface area contributed by atoms with Gasteiger partial charge >= 0.3 is 12.2 Å². The van der Waals surface area contributed by atoms with Gasteiger partial charge in [-0.1, -0.05) is 74.5 Å². The number of imidazole rings is 2. The van der Waals surface area contributed by atoms with Crippen LogP contribution in [0.4, 0.5) is 9.59 Å². The predicted molar refractivity (Wildman–Crippen MR) is 230 cm³/mol. The number of alkyl carbamates (subject to hydrolysis) is 2. The molecule has 15 heteroatoms. The van der Waals surface area contributed by atoms with Gasteiger partial charge in [0.05, 0.1) is 51.1 Å².